The van der Waals surface area contributed by atoms with Gasteiger partial charge in [0.2, 0.25) is 0 Å². The van der Waals surface area contributed by atoms with E-state index < -0.39 is 11.0 Å². The molecule has 76 valence electrons. The molecule has 0 unspecified atom stereocenters. The summed E-state index contributed by atoms with van der Waals surface area (Å²) in [5.41, 5.74) is 11.3. The van der Waals surface area contributed by atoms with E-state index in [4.69, 9.17) is 16.6 Å². The highest BCUT2D eigenvalue weighted by Crippen LogP contribution is 2.25. The lowest BCUT2D eigenvalue weighted by Gasteiger charge is -2.09. The molecule has 1 atom stereocenters. The Morgan fingerprint density at radius 3 is 2.71 bits per heavy atom. The summed E-state index contributed by atoms with van der Waals surface area (Å²) in [7, 11) is 0. The maximum absolute atomic E-state index is 10.6. The van der Waals surface area contributed by atoms with Gasteiger partial charge in [0.25, 0.3) is 5.69 Å². The maximum Gasteiger partial charge on any atom is 0.276 e. The Hall–Kier alpha value is -1.66. The number of hydrogen-bond acceptors (Lipinski definition) is 5. The number of nitrogens with zero attached hydrogens (tertiary/aromatic N) is 1. The fourth-order valence-electron chi connectivity index (χ4n) is 1.13. The summed E-state index contributed by atoms with van der Waals surface area (Å²) in [5, 5.41) is 19.4. The molecule has 5 N–H and O–H groups in total. The minimum absolute atomic E-state index is 0.161. The minimum atomic E-state index is -0.754. The molecule has 1 rings (SSSR count). The first-order valence-electron chi connectivity index (χ1n) is 3.96. The molecule has 0 fully saturated rings. The highest BCUT2D eigenvalue weighted by molar-refractivity contribution is 5.53. The van der Waals surface area contributed by atoms with Crippen molar-refractivity contribution < 1.29 is 10.0 Å². The molecule has 6 nitrogen and oxygen atoms in total. The van der Waals surface area contributed by atoms with Crippen LogP contribution in [0.5, 0.6) is 0 Å². The highest BCUT2D eigenvalue weighted by atomic mass is 16.6. The largest absolute Gasteiger partial charge is 0.399 e. The zero-order chi connectivity index (χ0) is 10.7. The number of nitrogen functional groups attached to an aromatic ring is 1. The Morgan fingerprint density at radius 1 is 1.57 bits per heavy atom. The Bertz CT molecular complexity index is 354. The zero-order valence-corrected chi connectivity index (χ0v) is 7.38. The van der Waals surface area contributed by atoms with Crippen LogP contribution >= 0.6 is 0 Å². The van der Waals surface area contributed by atoms with E-state index in [1.165, 1.54) is 18.2 Å². The van der Waals surface area contributed by atoms with Gasteiger partial charge in [0.15, 0.2) is 0 Å². The standard InChI is InChI=1S/C8H11N3O3/c9-5-1-2-6(7(10)4-12)8(3-5)11(13)14/h1-3,7,12H,4,9-10H2/t7-/m0/s1. The van der Waals surface area contributed by atoms with Crippen LogP contribution < -0.4 is 11.5 Å². The molecule has 0 saturated carbocycles. The summed E-state index contributed by atoms with van der Waals surface area (Å²) in [5.74, 6) is 0. The van der Waals surface area contributed by atoms with E-state index in [-0.39, 0.29) is 17.9 Å². The van der Waals surface area contributed by atoms with Crippen molar-refractivity contribution in [2.24, 2.45) is 5.73 Å². The van der Waals surface area contributed by atoms with Crippen LogP contribution in [0.25, 0.3) is 0 Å². The number of nitro groups is 1. The Kier molecular flexibility index (Phi) is 3.00. The summed E-state index contributed by atoms with van der Waals surface area (Å²) in [6, 6.07) is 3.44. The fourth-order valence-corrected chi connectivity index (χ4v) is 1.13. The number of anilines is 1. The van der Waals surface area contributed by atoms with E-state index in [2.05, 4.69) is 0 Å². The smallest absolute Gasteiger partial charge is 0.276 e. The number of benzene rings is 1. The van der Waals surface area contributed by atoms with Gasteiger partial charge in [-0.15, -0.1) is 0 Å². The van der Waals surface area contributed by atoms with Gasteiger partial charge >= 0.3 is 0 Å². The summed E-state index contributed by atoms with van der Waals surface area (Å²) in [4.78, 5) is 10.0. The first-order chi connectivity index (χ1) is 6.56. The number of aliphatic hydroxyl groups is 1. The third kappa shape index (κ3) is 1.98. The van der Waals surface area contributed by atoms with E-state index in [9.17, 15) is 10.1 Å². The molecule has 0 amide bonds. The molecular weight excluding hydrogens is 186 g/mol. The van der Waals surface area contributed by atoms with Crippen molar-refractivity contribution in [1.82, 2.24) is 0 Å². The van der Waals surface area contributed by atoms with Crippen molar-refractivity contribution in [1.29, 1.82) is 0 Å². The second-order valence-electron chi connectivity index (χ2n) is 2.86. The van der Waals surface area contributed by atoms with Gasteiger partial charge < -0.3 is 16.6 Å². The molecule has 0 saturated heterocycles. The summed E-state index contributed by atoms with van der Waals surface area (Å²) in [6.45, 7) is -0.343. The van der Waals surface area contributed by atoms with Gasteiger partial charge in [0, 0.05) is 17.3 Å². The van der Waals surface area contributed by atoms with E-state index in [1.54, 1.807) is 0 Å². The van der Waals surface area contributed by atoms with Crippen LogP contribution in [0, 0.1) is 10.1 Å². The van der Waals surface area contributed by atoms with Crippen LogP contribution in [0.4, 0.5) is 11.4 Å². The Balaban J connectivity index is 3.21. The van der Waals surface area contributed by atoms with Crippen molar-refractivity contribution in [2.45, 2.75) is 6.04 Å². The van der Waals surface area contributed by atoms with Gasteiger partial charge in [-0.2, -0.15) is 0 Å². The summed E-state index contributed by atoms with van der Waals surface area (Å²) < 4.78 is 0. The van der Waals surface area contributed by atoms with Gasteiger partial charge in [0.1, 0.15) is 0 Å². The van der Waals surface area contributed by atoms with E-state index >= 15 is 0 Å². The van der Waals surface area contributed by atoms with E-state index in [0.717, 1.165) is 0 Å². The van der Waals surface area contributed by atoms with Crippen LogP contribution in [-0.4, -0.2) is 16.6 Å². The molecule has 0 aliphatic heterocycles. The molecule has 0 bridgehead atoms. The van der Waals surface area contributed by atoms with Crippen molar-refractivity contribution in [3.8, 4) is 0 Å². The second kappa shape index (κ2) is 4.03. The summed E-state index contributed by atoms with van der Waals surface area (Å²) >= 11 is 0. The van der Waals surface area contributed by atoms with E-state index in [0.29, 0.717) is 5.69 Å². The normalized spacial score (nSPS) is 12.4. The van der Waals surface area contributed by atoms with E-state index in [1.807, 2.05) is 0 Å². The predicted octanol–water partition coefficient (Wildman–Crippen LogP) is 0.169. The lowest BCUT2D eigenvalue weighted by Crippen LogP contribution is -2.16. The third-order valence-corrected chi connectivity index (χ3v) is 1.85. The lowest BCUT2D eigenvalue weighted by molar-refractivity contribution is -0.385. The molecule has 0 spiro atoms. The van der Waals surface area contributed by atoms with Crippen molar-refractivity contribution in [3.05, 3.63) is 33.9 Å². The summed E-state index contributed by atoms with van der Waals surface area (Å²) in [6.07, 6.45) is 0. The Morgan fingerprint density at radius 2 is 2.21 bits per heavy atom. The van der Waals surface area contributed by atoms with Crippen molar-refractivity contribution in [3.63, 3.8) is 0 Å². The number of hydrogen-bond donors (Lipinski definition) is 3. The molecule has 14 heavy (non-hydrogen) atoms. The molecule has 1 aromatic carbocycles. The maximum atomic E-state index is 10.6. The topological polar surface area (TPSA) is 115 Å². The van der Waals surface area contributed by atoms with Gasteiger partial charge in [-0.3, -0.25) is 10.1 Å². The van der Waals surface area contributed by atoms with Gasteiger partial charge in [0.05, 0.1) is 17.6 Å². The third-order valence-electron chi connectivity index (χ3n) is 1.85. The lowest BCUT2D eigenvalue weighted by atomic mass is 10.1. The molecule has 0 aromatic heterocycles. The van der Waals surface area contributed by atoms with Crippen LogP contribution in [0.2, 0.25) is 0 Å². The Labute approximate surface area is 80.3 Å². The SMILES string of the molecule is Nc1ccc([C@@H](N)CO)c([N+](=O)[O-])c1. The zero-order valence-electron chi connectivity index (χ0n) is 7.38. The molecule has 0 radical (unpaired) electrons. The van der Waals surface area contributed by atoms with Crippen LogP contribution in [0.1, 0.15) is 11.6 Å². The van der Waals surface area contributed by atoms with Crippen LogP contribution in [0.3, 0.4) is 0 Å². The quantitative estimate of drug-likeness (QED) is 0.363. The molecule has 0 aliphatic rings. The van der Waals surface area contributed by atoms with Gasteiger partial charge in [-0.25, -0.2) is 0 Å². The monoisotopic (exact) mass is 197 g/mol. The first-order valence-corrected chi connectivity index (χ1v) is 3.96. The number of rotatable bonds is 3. The van der Waals surface area contributed by atoms with Crippen LogP contribution in [-0.2, 0) is 0 Å². The van der Waals surface area contributed by atoms with Crippen molar-refractivity contribution >= 4 is 11.4 Å². The number of nitrogens with two attached hydrogens (primary N) is 2. The fraction of sp³-hybridized carbons (Fsp3) is 0.250. The average Bonchev–Trinajstić information content (AvgIpc) is 2.16. The van der Waals surface area contributed by atoms with Gasteiger partial charge in [-0.1, -0.05) is 0 Å². The molecule has 1 aromatic rings. The van der Waals surface area contributed by atoms with Crippen LogP contribution in [0.15, 0.2) is 18.2 Å². The second-order valence-corrected chi connectivity index (χ2v) is 2.86. The first kappa shape index (κ1) is 10.4. The predicted molar refractivity (Wildman–Crippen MR) is 51.5 cm³/mol. The van der Waals surface area contributed by atoms with Crippen molar-refractivity contribution in [2.75, 3.05) is 12.3 Å². The van der Waals surface area contributed by atoms with Gasteiger partial charge in [-0.05, 0) is 12.1 Å². The molecule has 0 heterocycles. The number of aliphatic hydroxyl groups excluding tert-OH is 1. The molecule has 6 heteroatoms. The highest BCUT2D eigenvalue weighted by Gasteiger charge is 2.18. The number of nitro benzene ring substituents is 1. The average molecular weight is 197 g/mol. The molecular formula is C8H11N3O3. The molecule has 0 aliphatic carbocycles. The minimum Gasteiger partial charge on any atom is -0.399 e.